The lowest BCUT2D eigenvalue weighted by Crippen LogP contribution is -2.29. The van der Waals surface area contributed by atoms with Crippen LogP contribution in [0.2, 0.25) is 0 Å². The van der Waals surface area contributed by atoms with E-state index in [1.165, 1.54) is 11.1 Å². The van der Waals surface area contributed by atoms with Gasteiger partial charge in [-0.3, -0.25) is 9.59 Å². The van der Waals surface area contributed by atoms with Crippen LogP contribution in [-0.2, 0) is 16.7 Å². The van der Waals surface area contributed by atoms with E-state index in [2.05, 4.69) is 56.5 Å². The lowest BCUT2D eigenvalue weighted by atomic mass is 9.87. The second-order valence-corrected chi connectivity index (χ2v) is 10.4. The molecule has 2 amide bonds. The van der Waals surface area contributed by atoms with Crippen molar-refractivity contribution in [2.45, 2.75) is 39.7 Å². The fraction of sp³-hybridized carbons (Fsp3) is 0.290. The minimum absolute atomic E-state index is 0.0270. The van der Waals surface area contributed by atoms with Gasteiger partial charge in [0.05, 0.1) is 6.61 Å². The number of aromatic nitrogens is 1. The molecule has 192 valence electrons. The number of carbonyl (C=O) groups excluding carboxylic acids is 2. The maximum atomic E-state index is 13.1. The Morgan fingerprint density at radius 1 is 0.919 bits per heavy atom. The van der Waals surface area contributed by atoms with Crippen LogP contribution in [0.4, 0.5) is 5.69 Å². The zero-order valence-corrected chi connectivity index (χ0v) is 22.2. The van der Waals surface area contributed by atoms with Crippen LogP contribution >= 0.6 is 0 Å². The van der Waals surface area contributed by atoms with E-state index in [1.54, 1.807) is 7.11 Å². The summed E-state index contributed by atoms with van der Waals surface area (Å²) in [5.41, 5.74) is 6.25. The molecule has 37 heavy (non-hydrogen) atoms. The second-order valence-electron chi connectivity index (χ2n) is 10.4. The van der Waals surface area contributed by atoms with Crippen LogP contribution in [0.15, 0.2) is 72.8 Å². The highest BCUT2D eigenvalue weighted by atomic mass is 16.5. The average molecular weight is 498 g/mol. The molecule has 0 saturated carbocycles. The predicted molar refractivity (Wildman–Crippen MR) is 150 cm³/mol. The number of anilines is 1. The van der Waals surface area contributed by atoms with Crippen molar-refractivity contribution in [1.29, 1.82) is 0 Å². The Bertz CT molecular complexity index is 1410. The topological polar surface area (TPSA) is 72.4 Å². The maximum absolute atomic E-state index is 13.1. The lowest BCUT2D eigenvalue weighted by Gasteiger charge is -2.19. The van der Waals surface area contributed by atoms with Crippen molar-refractivity contribution in [2.75, 3.05) is 25.6 Å². The zero-order valence-electron chi connectivity index (χ0n) is 22.2. The normalized spacial score (nSPS) is 11.5. The minimum atomic E-state index is -0.170. The molecule has 0 unspecified atom stereocenters. The van der Waals surface area contributed by atoms with E-state index in [9.17, 15) is 9.59 Å². The zero-order chi connectivity index (χ0) is 26.6. The van der Waals surface area contributed by atoms with Crippen molar-refractivity contribution in [1.82, 2.24) is 9.88 Å². The van der Waals surface area contributed by atoms with Crippen molar-refractivity contribution in [3.63, 3.8) is 0 Å². The molecule has 0 aliphatic heterocycles. The van der Waals surface area contributed by atoms with Gasteiger partial charge in [-0.25, -0.2) is 0 Å². The first-order valence-corrected chi connectivity index (χ1v) is 12.5. The fourth-order valence-electron chi connectivity index (χ4n) is 4.38. The fourth-order valence-corrected chi connectivity index (χ4v) is 4.38. The van der Waals surface area contributed by atoms with E-state index in [0.717, 1.165) is 16.5 Å². The summed E-state index contributed by atoms with van der Waals surface area (Å²) in [7, 11) is 1.61. The summed E-state index contributed by atoms with van der Waals surface area (Å²) in [6.45, 7) is 9.93. The Balaban J connectivity index is 1.62. The number of benzene rings is 3. The summed E-state index contributed by atoms with van der Waals surface area (Å²) in [6.07, 6.45) is 0. The molecule has 1 aromatic heterocycles. The van der Waals surface area contributed by atoms with E-state index < -0.39 is 0 Å². The molecular formula is C31H35N3O3. The molecular weight excluding hydrogens is 462 g/mol. The molecule has 0 aliphatic carbocycles. The molecule has 6 nitrogen and oxygen atoms in total. The van der Waals surface area contributed by atoms with Crippen molar-refractivity contribution >= 4 is 28.4 Å². The number of ether oxygens (including phenoxy) is 1. The molecule has 0 spiro atoms. The summed E-state index contributed by atoms with van der Waals surface area (Å²) in [6, 6.07) is 23.6. The largest absolute Gasteiger partial charge is 0.383 e. The van der Waals surface area contributed by atoms with Gasteiger partial charge in [0, 0.05) is 42.4 Å². The van der Waals surface area contributed by atoms with Gasteiger partial charge in [0.1, 0.15) is 5.69 Å². The van der Waals surface area contributed by atoms with E-state index in [0.29, 0.717) is 36.6 Å². The minimum Gasteiger partial charge on any atom is -0.383 e. The summed E-state index contributed by atoms with van der Waals surface area (Å²) >= 11 is 0. The number of amides is 2. The second kappa shape index (κ2) is 11.0. The highest BCUT2D eigenvalue weighted by Gasteiger charge is 2.18. The molecule has 1 heterocycles. The van der Waals surface area contributed by atoms with E-state index in [-0.39, 0.29) is 17.2 Å². The molecule has 0 atom stereocenters. The van der Waals surface area contributed by atoms with E-state index >= 15 is 0 Å². The molecule has 2 N–H and O–H groups in total. The number of aryl methyl sites for hydroxylation is 1. The molecule has 0 aliphatic rings. The van der Waals surface area contributed by atoms with Gasteiger partial charge < -0.3 is 19.9 Å². The van der Waals surface area contributed by atoms with E-state index in [4.69, 9.17) is 4.74 Å². The smallest absolute Gasteiger partial charge is 0.268 e. The predicted octanol–water partition coefficient (Wildman–Crippen LogP) is 5.92. The summed E-state index contributed by atoms with van der Waals surface area (Å²) in [5, 5.41) is 6.81. The molecule has 4 aromatic rings. The van der Waals surface area contributed by atoms with Gasteiger partial charge in [-0.2, -0.15) is 0 Å². The number of methoxy groups -OCH3 is 1. The van der Waals surface area contributed by atoms with Crippen LogP contribution in [0.25, 0.3) is 10.9 Å². The first kappa shape index (κ1) is 26.2. The summed E-state index contributed by atoms with van der Waals surface area (Å²) in [4.78, 5) is 26.0. The number of nitrogens with zero attached hydrogens (tertiary/aromatic N) is 1. The maximum Gasteiger partial charge on any atom is 0.268 e. The third-order valence-electron chi connectivity index (χ3n) is 6.42. The highest BCUT2D eigenvalue weighted by Crippen LogP contribution is 2.26. The van der Waals surface area contributed by atoms with Gasteiger partial charge >= 0.3 is 0 Å². The van der Waals surface area contributed by atoms with Crippen molar-refractivity contribution in [2.24, 2.45) is 0 Å². The third kappa shape index (κ3) is 6.27. The van der Waals surface area contributed by atoms with Gasteiger partial charge in [-0.05, 0) is 59.9 Å². The third-order valence-corrected chi connectivity index (χ3v) is 6.42. The van der Waals surface area contributed by atoms with Crippen LogP contribution < -0.4 is 10.6 Å². The monoisotopic (exact) mass is 497 g/mol. The van der Waals surface area contributed by atoms with Gasteiger partial charge in [0.15, 0.2) is 0 Å². The first-order chi connectivity index (χ1) is 17.7. The number of rotatable bonds is 8. The molecule has 3 aromatic carbocycles. The van der Waals surface area contributed by atoms with Crippen LogP contribution in [-0.4, -0.2) is 36.6 Å². The molecule has 0 saturated heterocycles. The van der Waals surface area contributed by atoms with Crippen LogP contribution in [0, 0.1) is 6.92 Å². The number of hydrogen-bond donors (Lipinski definition) is 2. The molecule has 0 radical (unpaired) electrons. The van der Waals surface area contributed by atoms with Crippen molar-refractivity contribution in [3.05, 3.63) is 101 Å². The Hall–Kier alpha value is -3.90. The Morgan fingerprint density at radius 2 is 1.68 bits per heavy atom. The molecule has 4 rings (SSSR count). The summed E-state index contributed by atoms with van der Waals surface area (Å²) in [5.74, 6) is -0.332. The Morgan fingerprint density at radius 3 is 2.35 bits per heavy atom. The Labute approximate surface area is 218 Å². The lowest BCUT2D eigenvalue weighted by molar-refractivity contribution is 0.0928. The SMILES string of the molecule is COCCNC(=O)c1cc2cc(NC(=O)c3ccc(C(C)(C)C)cc3)ccc2n1Cc1cccc(C)c1. The average Bonchev–Trinajstić information content (AvgIpc) is 3.21. The molecule has 0 bridgehead atoms. The quantitative estimate of drug-likeness (QED) is 0.297. The molecule has 0 fully saturated rings. The van der Waals surface area contributed by atoms with Gasteiger partial charge in [-0.15, -0.1) is 0 Å². The number of hydrogen-bond acceptors (Lipinski definition) is 3. The van der Waals surface area contributed by atoms with Crippen LogP contribution in [0.3, 0.4) is 0 Å². The summed E-state index contributed by atoms with van der Waals surface area (Å²) < 4.78 is 7.09. The van der Waals surface area contributed by atoms with Gasteiger partial charge in [0.25, 0.3) is 11.8 Å². The van der Waals surface area contributed by atoms with Crippen LogP contribution in [0.1, 0.15) is 58.3 Å². The standard InChI is InChI=1S/C31H35N3O3/c1-21-7-6-8-22(17-21)20-34-27-14-13-26(18-24(27)19-28(34)30(36)32-15-16-37-5)33-29(35)23-9-11-25(12-10-23)31(2,3)4/h6-14,17-19H,15-16,20H2,1-5H3,(H,32,36)(H,33,35). The van der Waals surface area contributed by atoms with Crippen LogP contribution in [0.5, 0.6) is 0 Å². The van der Waals surface area contributed by atoms with E-state index in [1.807, 2.05) is 59.2 Å². The Kier molecular flexibility index (Phi) is 7.79. The molecule has 6 heteroatoms. The van der Waals surface area contributed by atoms with Gasteiger partial charge in [0.2, 0.25) is 0 Å². The number of carbonyl (C=O) groups is 2. The number of nitrogens with one attached hydrogen (secondary N) is 2. The number of fused-ring (bicyclic) bond motifs is 1. The van der Waals surface area contributed by atoms with Crippen molar-refractivity contribution in [3.8, 4) is 0 Å². The highest BCUT2D eigenvalue weighted by molar-refractivity contribution is 6.06. The first-order valence-electron chi connectivity index (χ1n) is 12.5. The van der Waals surface area contributed by atoms with Crippen molar-refractivity contribution < 1.29 is 14.3 Å². The van der Waals surface area contributed by atoms with Gasteiger partial charge in [-0.1, -0.05) is 62.7 Å².